The number of benzene rings is 3. The van der Waals surface area contributed by atoms with Crippen molar-refractivity contribution in [3.8, 4) is 5.75 Å². The Hall–Kier alpha value is -1.99. The lowest BCUT2D eigenvalue weighted by molar-refractivity contribution is -0.133. The van der Waals surface area contributed by atoms with E-state index < -0.39 is 13.5 Å². The Morgan fingerprint density at radius 3 is 2.37 bits per heavy atom. The molecule has 0 aliphatic heterocycles. The average Bonchev–Trinajstić information content (AvgIpc) is 2.63. The van der Waals surface area contributed by atoms with Gasteiger partial charge in [0.2, 0.25) is 0 Å². The molecule has 0 aromatic heterocycles. The van der Waals surface area contributed by atoms with Crippen LogP contribution in [0.5, 0.6) is 5.75 Å². The van der Waals surface area contributed by atoms with Crippen molar-refractivity contribution in [3.63, 3.8) is 0 Å². The lowest BCUT2D eigenvalue weighted by Gasteiger charge is -2.18. The molecule has 0 aliphatic rings. The number of halogens is 1. The number of hydrogen-bond donors (Lipinski definition) is 4. The van der Waals surface area contributed by atoms with Gasteiger partial charge in [-0.1, -0.05) is 40.2 Å². The van der Waals surface area contributed by atoms with Gasteiger partial charge in [-0.2, -0.15) is 0 Å². The number of rotatable bonds is 6. The molecule has 0 saturated heterocycles. The van der Waals surface area contributed by atoms with Crippen molar-refractivity contribution in [1.29, 1.82) is 0 Å². The number of carbonyl (C=O) groups is 1. The normalized spacial score (nSPS) is 13.3. The van der Waals surface area contributed by atoms with Crippen LogP contribution >= 0.6 is 35.2 Å². The second-order valence-corrected chi connectivity index (χ2v) is 9.49. The second-order valence-electron chi connectivity index (χ2n) is 5.66. The van der Waals surface area contributed by atoms with Crippen LogP contribution in [-0.2, 0) is 9.36 Å². The molecule has 0 fully saturated rings. The standard InChI is InChI=1S/C18H15BrNO5PS/c19-11-5-7-12(8-6-11)26(24,25)20-15-9-16(27-10-17(21)22)18(23)14-4-2-1-3-13(14)15/h1-9,23H,10H2,(H,21,22)(H2,20,24,25). The van der Waals surface area contributed by atoms with Crippen LogP contribution in [0.15, 0.2) is 64.0 Å². The summed E-state index contributed by atoms with van der Waals surface area (Å²) in [6.45, 7) is 0. The van der Waals surface area contributed by atoms with Gasteiger partial charge < -0.3 is 20.2 Å². The van der Waals surface area contributed by atoms with Crippen LogP contribution in [0.25, 0.3) is 10.8 Å². The van der Waals surface area contributed by atoms with Crippen molar-refractivity contribution in [1.82, 2.24) is 0 Å². The van der Waals surface area contributed by atoms with Gasteiger partial charge >= 0.3 is 13.5 Å². The number of carboxylic acid groups (broad SMARTS) is 1. The Kier molecular flexibility index (Phi) is 5.81. The second kappa shape index (κ2) is 7.94. The van der Waals surface area contributed by atoms with Gasteiger partial charge in [0.05, 0.1) is 21.6 Å². The molecule has 1 atom stereocenters. The van der Waals surface area contributed by atoms with Gasteiger partial charge in [-0.05, 0) is 30.3 Å². The number of anilines is 1. The summed E-state index contributed by atoms with van der Waals surface area (Å²) < 4.78 is 13.7. The number of aromatic hydroxyl groups is 1. The fraction of sp³-hybridized carbons (Fsp3) is 0.0556. The number of hydrogen-bond acceptors (Lipinski definition) is 4. The molecule has 0 heterocycles. The SMILES string of the molecule is O=C(O)CSc1cc(NP(=O)(O)c2ccc(Br)cc2)c2ccccc2c1O. The van der Waals surface area contributed by atoms with Crippen LogP contribution < -0.4 is 10.4 Å². The van der Waals surface area contributed by atoms with Gasteiger partial charge in [0.1, 0.15) is 5.75 Å². The Morgan fingerprint density at radius 1 is 1.11 bits per heavy atom. The van der Waals surface area contributed by atoms with E-state index in [1.54, 1.807) is 48.5 Å². The molecular formula is C18H15BrNO5PS. The number of nitrogens with one attached hydrogen (secondary N) is 1. The summed E-state index contributed by atoms with van der Waals surface area (Å²) in [6, 6.07) is 14.8. The summed E-state index contributed by atoms with van der Waals surface area (Å²) >= 11 is 4.23. The molecule has 0 radical (unpaired) electrons. The number of fused-ring (bicyclic) bond motifs is 1. The first-order valence-electron chi connectivity index (χ1n) is 7.74. The van der Waals surface area contributed by atoms with Crippen LogP contribution in [0.2, 0.25) is 0 Å². The van der Waals surface area contributed by atoms with Crippen molar-refractivity contribution in [3.05, 3.63) is 59.1 Å². The van der Waals surface area contributed by atoms with E-state index in [4.69, 9.17) is 5.11 Å². The lowest BCUT2D eigenvalue weighted by atomic mass is 10.1. The van der Waals surface area contributed by atoms with Crippen LogP contribution in [0.3, 0.4) is 0 Å². The smallest absolute Gasteiger partial charge is 0.321 e. The minimum Gasteiger partial charge on any atom is -0.506 e. The first kappa shape index (κ1) is 19.8. The largest absolute Gasteiger partial charge is 0.506 e. The highest BCUT2D eigenvalue weighted by molar-refractivity contribution is 9.10. The third-order valence-corrected chi connectivity index (χ3v) is 6.87. The number of phenols is 1. The third-order valence-electron chi connectivity index (χ3n) is 3.78. The molecule has 9 heteroatoms. The average molecular weight is 468 g/mol. The molecule has 0 spiro atoms. The fourth-order valence-electron chi connectivity index (χ4n) is 2.55. The highest BCUT2D eigenvalue weighted by atomic mass is 79.9. The number of aliphatic carboxylic acids is 1. The summed E-state index contributed by atoms with van der Waals surface area (Å²) in [7, 11) is -3.94. The van der Waals surface area contributed by atoms with Crippen molar-refractivity contribution < 1.29 is 24.5 Å². The summed E-state index contributed by atoms with van der Waals surface area (Å²) in [6.07, 6.45) is 0. The van der Waals surface area contributed by atoms with Crippen molar-refractivity contribution in [2.45, 2.75) is 4.90 Å². The number of thioether (sulfide) groups is 1. The minimum atomic E-state index is -3.94. The van der Waals surface area contributed by atoms with E-state index in [2.05, 4.69) is 21.0 Å². The third kappa shape index (κ3) is 4.47. The zero-order valence-corrected chi connectivity index (χ0v) is 17.1. The quantitative estimate of drug-likeness (QED) is 0.241. The molecule has 4 N–H and O–H groups in total. The predicted molar refractivity (Wildman–Crippen MR) is 111 cm³/mol. The Balaban J connectivity index is 2.07. The van der Waals surface area contributed by atoms with Gasteiger partial charge in [0.25, 0.3) is 0 Å². The molecule has 3 aromatic rings. The van der Waals surface area contributed by atoms with Gasteiger partial charge in [-0.25, -0.2) is 0 Å². The monoisotopic (exact) mass is 467 g/mol. The maximum atomic E-state index is 12.9. The van der Waals surface area contributed by atoms with Crippen molar-refractivity contribution in [2.75, 3.05) is 10.8 Å². The zero-order chi connectivity index (χ0) is 19.6. The van der Waals surface area contributed by atoms with E-state index in [0.29, 0.717) is 21.4 Å². The summed E-state index contributed by atoms with van der Waals surface area (Å²) in [4.78, 5) is 21.7. The van der Waals surface area contributed by atoms with Crippen LogP contribution in [0, 0.1) is 0 Å². The first-order valence-corrected chi connectivity index (χ1v) is 11.2. The van der Waals surface area contributed by atoms with E-state index in [1.807, 2.05) is 0 Å². The van der Waals surface area contributed by atoms with E-state index in [0.717, 1.165) is 16.2 Å². The van der Waals surface area contributed by atoms with Crippen LogP contribution in [0.1, 0.15) is 0 Å². The van der Waals surface area contributed by atoms with E-state index >= 15 is 0 Å². The zero-order valence-electron chi connectivity index (χ0n) is 13.8. The first-order chi connectivity index (χ1) is 12.8. The maximum absolute atomic E-state index is 12.9. The van der Waals surface area contributed by atoms with Gasteiger partial charge in [-0.3, -0.25) is 9.36 Å². The molecule has 6 nitrogen and oxygen atoms in total. The molecule has 3 aromatic carbocycles. The Labute approximate surface area is 167 Å². The summed E-state index contributed by atoms with van der Waals surface area (Å²) in [5.41, 5.74) is 0.338. The number of phenolic OH excluding ortho intramolecular Hbond substituents is 1. The molecule has 0 aliphatic carbocycles. The highest BCUT2D eigenvalue weighted by Gasteiger charge is 2.23. The van der Waals surface area contributed by atoms with E-state index in [9.17, 15) is 19.4 Å². The molecular weight excluding hydrogens is 453 g/mol. The summed E-state index contributed by atoms with van der Waals surface area (Å²) in [5, 5.41) is 23.3. The molecule has 140 valence electrons. The lowest BCUT2D eigenvalue weighted by Crippen LogP contribution is -2.11. The number of carboxylic acids is 1. The maximum Gasteiger partial charge on any atom is 0.321 e. The Morgan fingerprint density at radius 2 is 1.74 bits per heavy atom. The van der Waals surface area contributed by atoms with Gasteiger partial charge in [0, 0.05) is 15.2 Å². The van der Waals surface area contributed by atoms with Crippen LogP contribution in [-0.4, -0.2) is 26.8 Å². The molecule has 27 heavy (non-hydrogen) atoms. The van der Waals surface area contributed by atoms with Crippen molar-refractivity contribution >= 4 is 62.9 Å². The van der Waals surface area contributed by atoms with E-state index in [1.165, 1.54) is 6.07 Å². The van der Waals surface area contributed by atoms with Crippen molar-refractivity contribution in [2.24, 2.45) is 0 Å². The summed E-state index contributed by atoms with van der Waals surface area (Å²) in [5.74, 6) is -1.32. The van der Waals surface area contributed by atoms with Crippen LogP contribution in [0.4, 0.5) is 5.69 Å². The van der Waals surface area contributed by atoms with E-state index in [-0.39, 0.29) is 16.8 Å². The van der Waals surface area contributed by atoms with Gasteiger partial charge in [-0.15, -0.1) is 11.8 Å². The molecule has 0 saturated carbocycles. The molecule has 0 amide bonds. The Bertz CT molecular complexity index is 1060. The minimum absolute atomic E-state index is 0.0567. The topological polar surface area (TPSA) is 107 Å². The molecule has 1 unspecified atom stereocenters. The fourth-order valence-corrected chi connectivity index (χ4v) is 4.73. The highest BCUT2D eigenvalue weighted by Crippen LogP contribution is 2.46. The molecule has 0 bridgehead atoms. The van der Waals surface area contributed by atoms with Gasteiger partial charge in [0.15, 0.2) is 0 Å². The molecule has 3 rings (SSSR count). The predicted octanol–water partition coefficient (Wildman–Crippen LogP) is 4.41.